The summed E-state index contributed by atoms with van der Waals surface area (Å²) in [6.07, 6.45) is 3.13. The number of hydrogen-bond acceptors (Lipinski definition) is 5. The second kappa shape index (κ2) is 12.7. The van der Waals surface area contributed by atoms with Crippen LogP contribution < -0.4 is 5.32 Å². The number of nitrogens with zero attached hydrogens (tertiary/aromatic N) is 3. The summed E-state index contributed by atoms with van der Waals surface area (Å²) < 4.78 is 0.862. The molecular formula is C39H51N6O3+. The van der Waals surface area contributed by atoms with Gasteiger partial charge in [0.15, 0.2) is 11.6 Å². The van der Waals surface area contributed by atoms with Gasteiger partial charge >= 0.3 is 0 Å². The van der Waals surface area contributed by atoms with Gasteiger partial charge in [0.05, 0.1) is 44.4 Å². The van der Waals surface area contributed by atoms with E-state index in [1.807, 2.05) is 19.9 Å². The summed E-state index contributed by atoms with van der Waals surface area (Å²) in [6, 6.07) is 6.21. The highest BCUT2D eigenvalue weighted by Crippen LogP contribution is 2.45. The van der Waals surface area contributed by atoms with Crippen molar-refractivity contribution in [3.05, 3.63) is 68.8 Å². The molecule has 2 aliphatic heterocycles. The predicted octanol–water partition coefficient (Wildman–Crippen LogP) is 7.05. The molecule has 1 aliphatic carbocycles. The third kappa shape index (κ3) is 6.13. The Morgan fingerprint density at radius 3 is 2.25 bits per heavy atom. The molecule has 3 aromatic rings. The van der Waals surface area contributed by atoms with Gasteiger partial charge in [-0.05, 0) is 62.9 Å². The molecule has 254 valence electrons. The Hall–Kier alpha value is -4.11. The number of rotatable bonds is 9. The van der Waals surface area contributed by atoms with E-state index in [1.165, 1.54) is 0 Å². The number of carbonyl (C=O) groups excluding carboxylic acids is 3. The van der Waals surface area contributed by atoms with Gasteiger partial charge in [0.1, 0.15) is 0 Å². The summed E-state index contributed by atoms with van der Waals surface area (Å²) >= 11 is 0. The van der Waals surface area contributed by atoms with E-state index in [0.29, 0.717) is 24.9 Å². The van der Waals surface area contributed by atoms with Crippen molar-refractivity contribution < 1.29 is 18.9 Å². The molecule has 5 heterocycles. The van der Waals surface area contributed by atoms with Crippen LogP contribution in [0.2, 0.25) is 0 Å². The topological polar surface area (TPSA) is 121 Å². The Bertz CT molecular complexity index is 1980. The number of carbonyl (C=O) groups is 3. The highest BCUT2D eigenvalue weighted by molar-refractivity contribution is 6.13. The number of fused-ring (bicyclic) bond motifs is 8. The van der Waals surface area contributed by atoms with Gasteiger partial charge in [0, 0.05) is 94.3 Å². The molecule has 0 aromatic carbocycles. The van der Waals surface area contributed by atoms with Crippen molar-refractivity contribution in [1.82, 2.24) is 25.3 Å². The molecule has 0 fully saturated rings. The lowest BCUT2D eigenvalue weighted by Gasteiger charge is -2.23. The van der Waals surface area contributed by atoms with Crippen molar-refractivity contribution in [3.63, 3.8) is 0 Å². The lowest BCUT2D eigenvalue weighted by Crippen LogP contribution is -2.37. The Kier molecular flexibility index (Phi) is 8.96. The van der Waals surface area contributed by atoms with Gasteiger partial charge in [-0.25, -0.2) is 0 Å². The molecule has 3 N–H and O–H groups in total. The maximum Gasteiger partial charge on any atom is 0.220 e. The molecule has 8 bridgehead atoms. The largest absolute Gasteiger partial charge is 0.356 e. The third-order valence-corrected chi connectivity index (χ3v) is 10.9. The van der Waals surface area contributed by atoms with Crippen LogP contribution in [-0.2, 0) is 11.2 Å². The number of quaternary nitrogens is 1. The standard InChI is InChI=1S/C39H50N6O3/c1-10-25-20(2)28-19-33-36(24(6)46)22(4)30(42-33)17-29-21(3)26(12-13-35(48)40-14-11-15-45(7,8)9)38(43-29)27-16-34(47)37-23(5)31(44-39(27)37)18-32(25)41-28/h17-21,25-26H,10-16H2,1-9H3,(H2-,40,41,42,43,44,46,47,48)/p+1/t20-,21+,25-,26+/m1/s1. The summed E-state index contributed by atoms with van der Waals surface area (Å²) in [5.74, 6) is 0.496. The maximum atomic E-state index is 13.6. The van der Waals surface area contributed by atoms with Crippen LogP contribution in [0.3, 0.4) is 0 Å². The molecule has 1 amide bonds. The number of ketones is 2. The zero-order chi connectivity index (χ0) is 34.7. The number of aromatic amines is 2. The van der Waals surface area contributed by atoms with Crippen LogP contribution in [0.25, 0.3) is 22.1 Å². The van der Waals surface area contributed by atoms with Crippen LogP contribution >= 0.6 is 0 Å². The Labute approximate surface area is 283 Å². The number of amides is 1. The molecule has 0 spiro atoms. The van der Waals surface area contributed by atoms with Gasteiger partial charge in [-0.3, -0.25) is 24.4 Å². The minimum absolute atomic E-state index is 0.00222. The van der Waals surface area contributed by atoms with E-state index in [1.54, 1.807) is 6.92 Å². The smallest absolute Gasteiger partial charge is 0.220 e. The molecule has 3 aliphatic rings. The van der Waals surface area contributed by atoms with Crippen molar-refractivity contribution in [2.75, 3.05) is 34.2 Å². The molecule has 0 radical (unpaired) electrons. The quantitative estimate of drug-likeness (QED) is 0.130. The summed E-state index contributed by atoms with van der Waals surface area (Å²) in [5.41, 5.74) is 11.2. The highest BCUT2D eigenvalue weighted by Gasteiger charge is 2.36. The molecule has 6 rings (SSSR count). The van der Waals surface area contributed by atoms with E-state index < -0.39 is 0 Å². The SMILES string of the molecule is CC[C@H]1c2cc3[nH]c4c(c5nc(cc6[nH]c(cc(n2)[C@@H]1C)c(C(C)=O)c6C)[C@@H](C)[C@@H]5CCC(=O)NCCC[N+](C)(C)C)CC(=O)c4c3C. The fourth-order valence-electron chi connectivity index (χ4n) is 8.10. The van der Waals surface area contributed by atoms with Crippen LogP contribution in [0, 0.1) is 13.8 Å². The molecule has 0 saturated heterocycles. The fourth-order valence-corrected chi connectivity index (χ4v) is 8.10. The first kappa shape index (κ1) is 33.8. The zero-order valence-corrected chi connectivity index (χ0v) is 30.1. The van der Waals surface area contributed by atoms with Crippen LogP contribution in [0.5, 0.6) is 0 Å². The average molecular weight is 652 g/mol. The molecule has 4 atom stereocenters. The Morgan fingerprint density at radius 2 is 1.56 bits per heavy atom. The fraction of sp³-hybridized carbons (Fsp3) is 0.513. The lowest BCUT2D eigenvalue weighted by atomic mass is 9.85. The minimum atomic E-state index is -0.0384. The van der Waals surface area contributed by atoms with E-state index in [0.717, 1.165) is 91.0 Å². The second-order valence-corrected chi connectivity index (χ2v) is 15.3. The van der Waals surface area contributed by atoms with Crippen molar-refractivity contribution >= 4 is 39.5 Å². The van der Waals surface area contributed by atoms with Gasteiger partial charge in [-0.1, -0.05) is 20.8 Å². The molecule has 48 heavy (non-hydrogen) atoms. The van der Waals surface area contributed by atoms with E-state index in [-0.39, 0.29) is 47.6 Å². The monoisotopic (exact) mass is 651 g/mol. The van der Waals surface area contributed by atoms with E-state index >= 15 is 0 Å². The number of nitrogens with one attached hydrogen (secondary N) is 3. The lowest BCUT2D eigenvalue weighted by molar-refractivity contribution is -0.870. The van der Waals surface area contributed by atoms with Gasteiger partial charge in [0.2, 0.25) is 5.91 Å². The van der Waals surface area contributed by atoms with Gasteiger partial charge in [-0.15, -0.1) is 0 Å². The highest BCUT2D eigenvalue weighted by atomic mass is 16.1. The molecule has 0 unspecified atom stereocenters. The first-order valence-electron chi connectivity index (χ1n) is 17.6. The first-order valence-corrected chi connectivity index (χ1v) is 17.6. The zero-order valence-electron chi connectivity index (χ0n) is 30.1. The number of hydrogen-bond donors (Lipinski definition) is 3. The Balaban J connectivity index is 1.53. The second-order valence-electron chi connectivity index (χ2n) is 15.3. The normalized spacial score (nSPS) is 20.4. The summed E-state index contributed by atoms with van der Waals surface area (Å²) in [6.45, 7) is 13.8. The number of aromatic nitrogens is 4. The van der Waals surface area contributed by atoms with Crippen molar-refractivity contribution in [2.24, 2.45) is 0 Å². The summed E-state index contributed by atoms with van der Waals surface area (Å²) in [5, 5.41) is 3.11. The number of Topliss-reactive ketones (excluding diaryl/α,β-unsaturated/α-hetero) is 2. The van der Waals surface area contributed by atoms with E-state index in [2.05, 4.69) is 69.3 Å². The first-order chi connectivity index (χ1) is 22.7. The van der Waals surface area contributed by atoms with Crippen molar-refractivity contribution in [2.45, 2.75) is 97.3 Å². The molecule has 3 aromatic heterocycles. The number of aryl methyl sites for hydroxylation is 2. The Morgan fingerprint density at radius 1 is 0.917 bits per heavy atom. The molecule has 0 saturated carbocycles. The minimum Gasteiger partial charge on any atom is -0.356 e. The maximum absolute atomic E-state index is 13.6. The number of H-pyrrole nitrogens is 2. The van der Waals surface area contributed by atoms with Crippen molar-refractivity contribution in [3.8, 4) is 0 Å². The molecule has 9 heteroatoms. The van der Waals surface area contributed by atoms with Crippen LogP contribution in [0.1, 0.15) is 137 Å². The molecule has 9 nitrogen and oxygen atoms in total. The van der Waals surface area contributed by atoms with Gasteiger partial charge in [-0.2, -0.15) is 0 Å². The predicted molar refractivity (Wildman–Crippen MR) is 191 cm³/mol. The summed E-state index contributed by atoms with van der Waals surface area (Å²) in [7, 11) is 6.46. The third-order valence-electron chi connectivity index (χ3n) is 10.9. The van der Waals surface area contributed by atoms with Gasteiger partial charge in [0.25, 0.3) is 0 Å². The van der Waals surface area contributed by atoms with Gasteiger partial charge < -0.3 is 19.8 Å². The van der Waals surface area contributed by atoms with Crippen LogP contribution in [0.4, 0.5) is 0 Å². The van der Waals surface area contributed by atoms with Crippen LogP contribution in [0.15, 0.2) is 18.2 Å². The van der Waals surface area contributed by atoms with Crippen LogP contribution in [-0.4, -0.2) is 76.1 Å². The van der Waals surface area contributed by atoms with E-state index in [9.17, 15) is 14.4 Å². The van der Waals surface area contributed by atoms with E-state index in [4.69, 9.17) is 9.97 Å². The van der Waals surface area contributed by atoms with Crippen molar-refractivity contribution in [1.29, 1.82) is 0 Å². The summed E-state index contributed by atoms with van der Waals surface area (Å²) in [4.78, 5) is 57.2. The average Bonchev–Trinajstić information content (AvgIpc) is 3.76. The molecular weight excluding hydrogens is 600 g/mol.